The Morgan fingerprint density at radius 3 is 2.10 bits per heavy atom. The van der Waals surface area contributed by atoms with Gasteiger partial charge in [-0.15, -0.1) is 0 Å². The molecule has 0 aliphatic rings. The van der Waals surface area contributed by atoms with Gasteiger partial charge in [-0.2, -0.15) is 30.7 Å². The Balaban J connectivity index is 4.53. The van der Waals surface area contributed by atoms with Gasteiger partial charge >= 0.3 is 24.0 Å². The molecule has 3 nitrogen and oxygen atoms in total. The summed E-state index contributed by atoms with van der Waals surface area (Å²) in [5.74, 6) is -12.7. The zero-order chi connectivity index (χ0) is 16.2. The summed E-state index contributed by atoms with van der Waals surface area (Å²) in [6.45, 7) is 2.37. The molecule has 1 N–H and O–H groups in total. The highest BCUT2D eigenvalue weighted by Gasteiger charge is 2.72. The third-order valence-electron chi connectivity index (χ3n) is 2.17. The van der Waals surface area contributed by atoms with Crippen LogP contribution in [0.5, 0.6) is 0 Å². The minimum Gasteiger partial charge on any atom is -0.462 e. The largest absolute Gasteiger partial charge is 0.462 e. The number of aliphatic hydroxyl groups is 1. The summed E-state index contributed by atoms with van der Waals surface area (Å²) in [6.07, 6.45) is -10.8. The van der Waals surface area contributed by atoms with Gasteiger partial charge in [-0.3, -0.25) is 0 Å². The van der Waals surface area contributed by atoms with Gasteiger partial charge in [0.1, 0.15) is 0 Å². The summed E-state index contributed by atoms with van der Waals surface area (Å²) in [6, 6.07) is 0. The van der Waals surface area contributed by atoms with E-state index in [1.807, 2.05) is 0 Å². The number of aliphatic hydroxyl groups excluding tert-OH is 1. The quantitative estimate of drug-likeness (QED) is 0.447. The van der Waals surface area contributed by atoms with E-state index in [1.165, 1.54) is 0 Å². The molecule has 0 radical (unpaired) electrons. The van der Waals surface area contributed by atoms with Crippen LogP contribution in [-0.2, 0) is 9.53 Å². The average Bonchev–Trinajstić information content (AvgIpc) is 2.26. The maximum Gasteiger partial charge on any atom is 0.459 e. The van der Waals surface area contributed by atoms with Crippen molar-refractivity contribution in [2.24, 2.45) is 0 Å². The number of hydrogen-bond donors (Lipinski definition) is 1. The lowest BCUT2D eigenvalue weighted by Crippen LogP contribution is -2.53. The topological polar surface area (TPSA) is 46.5 Å². The number of esters is 1. The van der Waals surface area contributed by atoms with Crippen LogP contribution in [0.2, 0.25) is 0 Å². The van der Waals surface area contributed by atoms with Gasteiger partial charge in [0.05, 0.1) is 12.7 Å². The minimum absolute atomic E-state index is 0.625. The molecule has 0 aliphatic heterocycles. The van der Waals surface area contributed by atoms with Crippen molar-refractivity contribution in [1.29, 1.82) is 0 Å². The summed E-state index contributed by atoms with van der Waals surface area (Å²) in [5.41, 5.74) is 0. The Morgan fingerprint density at radius 2 is 1.70 bits per heavy atom. The second-order valence-electron chi connectivity index (χ2n) is 3.79. The lowest BCUT2D eigenvalue weighted by atomic mass is 10.0. The number of rotatable bonds is 7. The highest BCUT2D eigenvalue weighted by Crippen LogP contribution is 2.48. The fraction of sp³-hybridized carbons (Fsp3) is 0.700. The number of halogens is 7. The van der Waals surface area contributed by atoms with Crippen molar-refractivity contribution in [3.8, 4) is 0 Å². The van der Waals surface area contributed by atoms with Crippen LogP contribution < -0.4 is 0 Å². The van der Waals surface area contributed by atoms with Crippen molar-refractivity contribution >= 4 is 5.97 Å². The summed E-state index contributed by atoms with van der Waals surface area (Å²) in [4.78, 5) is 10.5. The second-order valence-corrected chi connectivity index (χ2v) is 3.79. The van der Waals surface area contributed by atoms with E-state index in [9.17, 15) is 35.5 Å². The molecule has 118 valence electrons. The maximum absolute atomic E-state index is 12.8. The lowest BCUT2D eigenvalue weighted by molar-refractivity contribution is -0.358. The molecular formula is C10H11F7O3. The van der Waals surface area contributed by atoms with Gasteiger partial charge in [0.2, 0.25) is 0 Å². The third kappa shape index (κ3) is 4.66. The molecule has 0 rings (SSSR count). The van der Waals surface area contributed by atoms with Gasteiger partial charge in [-0.25, -0.2) is 4.79 Å². The van der Waals surface area contributed by atoms with Gasteiger partial charge < -0.3 is 9.84 Å². The predicted molar refractivity (Wildman–Crippen MR) is 52.3 cm³/mol. The monoisotopic (exact) mass is 312 g/mol. The Bertz CT molecular complexity index is 351. The molecule has 0 bridgehead atoms. The minimum atomic E-state index is -6.44. The zero-order valence-electron chi connectivity index (χ0n) is 9.89. The lowest BCUT2D eigenvalue weighted by Gasteiger charge is -2.29. The summed E-state index contributed by atoms with van der Waals surface area (Å²) in [5, 5.41) is 9.00. The molecule has 1 unspecified atom stereocenters. The Morgan fingerprint density at radius 1 is 1.20 bits per heavy atom. The SMILES string of the molecule is C=CC(=O)OCCC(O)CC(F)(F)C(F)(F)C(F)(F)F. The molecule has 0 aromatic carbocycles. The van der Waals surface area contributed by atoms with Crippen molar-refractivity contribution in [2.45, 2.75) is 37.0 Å². The van der Waals surface area contributed by atoms with E-state index in [1.54, 1.807) is 0 Å². The van der Waals surface area contributed by atoms with E-state index in [2.05, 4.69) is 11.3 Å². The first-order valence-electron chi connectivity index (χ1n) is 5.14. The Labute approximate surface area is 109 Å². The molecule has 0 amide bonds. The molecule has 20 heavy (non-hydrogen) atoms. The Hall–Kier alpha value is -1.32. The van der Waals surface area contributed by atoms with Crippen molar-refractivity contribution in [2.75, 3.05) is 6.61 Å². The van der Waals surface area contributed by atoms with Crippen molar-refractivity contribution in [1.82, 2.24) is 0 Å². The maximum atomic E-state index is 12.8. The Kier molecular flexibility index (Phi) is 6.00. The van der Waals surface area contributed by atoms with Crippen LogP contribution in [0.4, 0.5) is 30.7 Å². The van der Waals surface area contributed by atoms with Gasteiger partial charge in [0, 0.05) is 18.9 Å². The summed E-state index contributed by atoms with van der Waals surface area (Å²) >= 11 is 0. The number of ether oxygens (including phenoxy) is 1. The molecular weight excluding hydrogens is 301 g/mol. The summed E-state index contributed by atoms with van der Waals surface area (Å²) < 4.78 is 90.3. The predicted octanol–water partition coefficient (Wildman–Crippen LogP) is 2.69. The van der Waals surface area contributed by atoms with Crippen LogP contribution >= 0.6 is 0 Å². The van der Waals surface area contributed by atoms with Crippen LogP contribution in [0.15, 0.2) is 12.7 Å². The van der Waals surface area contributed by atoms with E-state index < -0.39 is 49.5 Å². The number of alkyl halides is 7. The molecule has 0 saturated carbocycles. The number of carbonyl (C=O) groups excluding carboxylic acids is 1. The van der Waals surface area contributed by atoms with Gasteiger partial charge in [-0.1, -0.05) is 6.58 Å². The highest BCUT2D eigenvalue weighted by molar-refractivity contribution is 5.81. The van der Waals surface area contributed by atoms with Crippen molar-refractivity contribution in [3.05, 3.63) is 12.7 Å². The third-order valence-corrected chi connectivity index (χ3v) is 2.17. The number of carbonyl (C=O) groups is 1. The van der Waals surface area contributed by atoms with E-state index in [-0.39, 0.29) is 0 Å². The molecule has 10 heteroatoms. The molecule has 0 aromatic rings. The normalized spacial score (nSPS) is 14.8. The van der Waals surface area contributed by atoms with Crippen LogP contribution in [0, 0.1) is 0 Å². The highest BCUT2D eigenvalue weighted by atomic mass is 19.4. The van der Waals surface area contributed by atoms with Crippen LogP contribution in [0.1, 0.15) is 12.8 Å². The molecule has 1 atom stereocenters. The summed E-state index contributed by atoms with van der Waals surface area (Å²) in [7, 11) is 0. The molecule has 0 spiro atoms. The van der Waals surface area contributed by atoms with E-state index >= 15 is 0 Å². The van der Waals surface area contributed by atoms with Gasteiger partial charge in [0.15, 0.2) is 0 Å². The van der Waals surface area contributed by atoms with Crippen LogP contribution in [0.25, 0.3) is 0 Å². The first-order valence-corrected chi connectivity index (χ1v) is 5.14. The smallest absolute Gasteiger partial charge is 0.459 e. The first-order chi connectivity index (χ1) is 8.85. The number of hydrogen-bond acceptors (Lipinski definition) is 3. The van der Waals surface area contributed by atoms with E-state index in [0.29, 0.717) is 0 Å². The van der Waals surface area contributed by atoms with Gasteiger partial charge in [-0.05, 0) is 0 Å². The fourth-order valence-corrected chi connectivity index (χ4v) is 1.09. The standard InChI is InChI=1S/C10H11F7O3/c1-2-7(19)20-4-3-6(18)5-8(11,12)9(13,14)10(15,16)17/h2,6,18H,1,3-5H2. The van der Waals surface area contributed by atoms with E-state index in [0.717, 1.165) is 6.08 Å². The van der Waals surface area contributed by atoms with Crippen LogP contribution in [0.3, 0.4) is 0 Å². The zero-order valence-corrected chi connectivity index (χ0v) is 9.89. The van der Waals surface area contributed by atoms with Gasteiger partial charge in [0.25, 0.3) is 0 Å². The van der Waals surface area contributed by atoms with E-state index in [4.69, 9.17) is 5.11 Å². The average molecular weight is 312 g/mol. The van der Waals surface area contributed by atoms with Crippen molar-refractivity contribution < 1.29 is 45.4 Å². The molecule has 0 saturated heterocycles. The molecule has 0 heterocycles. The molecule has 0 aliphatic carbocycles. The fourth-order valence-electron chi connectivity index (χ4n) is 1.09. The van der Waals surface area contributed by atoms with Crippen molar-refractivity contribution in [3.63, 3.8) is 0 Å². The first kappa shape index (κ1) is 18.7. The molecule has 0 fully saturated rings. The van der Waals surface area contributed by atoms with Crippen LogP contribution in [-0.4, -0.2) is 41.8 Å². The second kappa shape index (κ2) is 6.42. The molecule has 0 aromatic heterocycles.